The molecule has 2 atom stereocenters. The highest BCUT2D eigenvalue weighted by Gasteiger charge is 2.26. The van der Waals surface area contributed by atoms with Gasteiger partial charge in [0.15, 0.2) is 0 Å². The molecule has 0 heterocycles. The predicted octanol–water partition coefficient (Wildman–Crippen LogP) is 1.69. The maximum absolute atomic E-state index is 12.1. The van der Waals surface area contributed by atoms with Crippen LogP contribution in [0.1, 0.15) is 59.3 Å². The van der Waals surface area contributed by atoms with Crippen molar-refractivity contribution < 1.29 is 19.5 Å². The summed E-state index contributed by atoms with van der Waals surface area (Å²) in [5.74, 6) is -1.51. The topological polar surface area (TPSA) is 95.5 Å². The van der Waals surface area contributed by atoms with Gasteiger partial charge in [0.1, 0.15) is 6.04 Å². The number of nitrogens with one attached hydrogen (secondary N) is 2. The Labute approximate surface area is 132 Å². The summed E-state index contributed by atoms with van der Waals surface area (Å²) in [6.45, 7) is 5.26. The van der Waals surface area contributed by atoms with Crippen molar-refractivity contribution in [3.05, 3.63) is 0 Å². The van der Waals surface area contributed by atoms with Crippen LogP contribution < -0.4 is 10.6 Å². The fourth-order valence-electron chi connectivity index (χ4n) is 2.80. The van der Waals surface area contributed by atoms with Gasteiger partial charge < -0.3 is 15.7 Å². The van der Waals surface area contributed by atoms with Gasteiger partial charge in [0.2, 0.25) is 11.8 Å². The summed E-state index contributed by atoms with van der Waals surface area (Å²) in [7, 11) is 0. The molecule has 1 fully saturated rings. The second-order valence-electron chi connectivity index (χ2n) is 6.58. The van der Waals surface area contributed by atoms with E-state index in [1.54, 1.807) is 20.8 Å². The van der Waals surface area contributed by atoms with Crippen molar-refractivity contribution >= 4 is 17.8 Å². The number of rotatable bonds is 7. The molecule has 0 aromatic heterocycles. The monoisotopic (exact) mass is 312 g/mol. The Morgan fingerprint density at radius 3 is 2.14 bits per heavy atom. The fourth-order valence-corrected chi connectivity index (χ4v) is 2.80. The van der Waals surface area contributed by atoms with E-state index in [1.807, 2.05) is 0 Å². The normalized spacial score (nSPS) is 18.5. The van der Waals surface area contributed by atoms with Crippen LogP contribution in [0.3, 0.4) is 0 Å². The second-order valence-corrected chi connectivity index (χ2v) is 6.58. The zero-order valence-corrected chi connectivity index (χ0v) is 13.7. The summed E-state index contributed by atoms with van der Waals surface area (Å²) in [5, 5.41) is 14.4. The fraction of sp³-hybridized carbons (Fsp3) is 0.812. The molecule has 1 aliphatic rings. The van der Waals surface area contributed by atoms with E-state index >= 15 is 0 Å². The smallest absolute Gasteiger partial charge is 0.326 e. The molecule has 0 aromatic rings. The Morgan fingerprint density at radius 1 is 1.05 bits per heavy atom. The molecule has 6 heteroatoms. The minimum Gasteiger partial charge on any atom is -0.480 e. The van der Waals surface area contributed by atoms with Crippen molar-refractivity contribution in [1.29, 1.82) is 0 Å². The van der Waals surface area contributed by atoms with Crippen LogP contribution in [0.25, 0.3) is 0 Å². The van der Waals surface area contributed by atoms with Crippen LogP contribution >= 0.6 is 0 Å². The van der Waals surface area contributed by atoms with Crippen LogP contribution in [0.15, 0.2) is 0 Å². The molecule has 126 valence electrons. The molecule has 1 aliphatic carbocycles. The van der Waals surface area contributed by atoms with E-state index in [2.05, 4.69) is 10.6 Å². The van der Waals surface area contributed by atoms with Gasteiger partial charge in [-0.15, -0.1) is 0 Å². The predicted molar refractivity (Wildman–Crippen MR) is 83.2 cm³/mol. The lowest BCUT2D eigenvalue weighted by atomic mass is 9.88. The van der Waals surface area contributed by atoms with E-state index in [1.165, 1.54) is 6.42 Å². The van der Waals surface area contributed by atoms with Gasteiger partial charge in [-0.1, -0.05) is 33.1 Å². The summed E-state index contributed by atoms with van der Waals surface area (Å²) in [4.78, 5) is 35.1. The molecule has 1 rings (SSSR count). The third-order valence-corrected chi connectivity index (χ3v) is 4.11. The van der Waals surface area contributed by atoms with E-state index < -0.39 is 12.0 Å². The van der Waals surface area contributed by atoms with Crippen LogP contribution in [0.2, 0.25) is 0 Å². The first kappa shape index (κ1) is 18.5. The molecule has 1 saturated carbocycles. The van der Waals surface area contributed by atoms with Crippen molar-refractivity contribution in [3.63, 3.8) is 0 Å². The number of carboxylic acids is 1. The van der Waals surface area contributed by atoms with Crippen molar-refractivity contribution in [1.82, 2.24) is 10.6 Å². The number of hydrogen-bond donors (Lipinski definition) is 3. The first-order chi connectivity index (χ1) is 10.3. The second kappa shape index (κ2) is 8.76. The van der Waals surface area contributed by atoms with Crippen LogP contribution in [-0.2, 0) is 14.4 Å². The molecular formula is C16H28N2O4. The highest BCUT2D eigenvalue weighted by Crippen LogP contribution is 2.23. The lowest BCUT2D eigenvalue weighted by Crippen LogP contribution is -2.47. The van der Waals surface area contributed by atoms with Gasteiger partial charge in [0.05, 0.1) is 0 Å². The molecule has 6 nitrogen and oxygen atoms in total. The van der Waals surface area contributed by atoms with Crippen molar-refractivity contribution in [2.24, 2.45) is 11.8 Å². The maximum atomic E-state index is 12.1. The molecule has 0 spiro atoms. The lowest BCUT2D eigenvalue weighted by Gasteiger charge is -2.24. The third kappa shape index (κ3) is 6.03. The molecule has 1 unspecified atom stereocenters. The summed E-state index contributed by atoms with van der Waals surface area (Å²) < 4.78 is 0. The Morgan fingerprint density at radius 2 is 1.64 bits per heavy atom. The summed E-state index contributed by atoms with van der Waals surface area (Å²) in [5.41, 5.74) is 0. The third-order valence-electron chi connectivity index (χ3n) is 4.11. The molecule has 3 N–H and O–H groups in total. The van der Waals surface area contributed by atoms with Gasteiger partial charge in [-0.3, -0.25) is 9.59 Å². The first-order valence-corrected chi connectivity index (χ1v) is 8.13. The Kier molecular flexibility index (Phi) is 7.35. The minimum absolute atomic E-state index is 0.0126. The molecule has 0 bridgehead atoms. The Balaban J connectivity index is 2.39. The average Bonchev–Trinajstić information content (AvgIpc) is 2.44. The Hall–Kier alpha value is -1.59. The summed E-state index contributed by atoms with van der Waals surface area (Å²) >= 11 is 0. The standard InChI is InChI=1S/C16H28N2O4/c1-10(2)14(16(21)22)18-13(19)9-11(3)17-15(20)12-7-5-4-6-8-12/h10-12,14H,4-9H2,1-3H3,(H,17,20)(H,18,19)(H,21,22)/t11?,14-/m0/s1. The van der Waals surface area contributed by atoms with Crippen LogP contribution in [0.4, 0.5) is 0 Å². The molecule has 0 aromatic carbocycles. The molecular weight excluding hydrogens is 284 g/mol. The van der Waals surface area contributed by atoms with Gasteiger partial charge in [-0.05, 0) is 25.7 Å². The van der Waals surface area contributed by atoms with Gasteiger partial charge in [0.25, 0.3) is 0 Å². The van der Waals surface area contributed by atoms with Crippen molar-refractivity contribution in [2.75, 3.05) is 0 Å². The number of aliphatic carboxylic acids is 1. The van der Waals surface area contributed by atoms with Crippen LogP contribution in [0, 0.1) is 11.8 Å². The molecule has 22 heavy (non-hydrogen) atoms. The van der Waals surface area contributed by atoms with E-state index in [4.69, 9.17) is 5.11 Å². The number of hydrogen-bond acceptors (Lipinski definition) is 3. The molecule has 0 radical (unpaired) electrons. The Bertz CT molecular complexity index is 403. The quantitative estimate of drug-likeness (QED) is 0.666. The summed E-state index contributed by atoms with van der Waals surface area (Å²) in [6, 6.07) is -1.19. The highest BCUT2D eigenvalue weighted by atomic mass is 16.4. The SMILES string of the molecule is CC(CC(=O)N[C@H](C(=O)O)C(C)C)NC(=O)C1CCCCC1. The zero-order valence-electron chi connectivity index (χ0n) is 13.7. The van der Waals surface area contributed by atoms with E-state index in [-0.39, 0.29) is 36.1 Å². The largest absolute Gasteiger partial charge is 0.480 e. The van der Waals surface area contributed by atoms with Crippen LogP contribution in [0.5, 0.6) is 0 Å². The van der Waals surface area contributed by atoms with Crippen LogP contribution in [-0.4, -0.2) is 35.0 Å². The molecule has 2 amide bonds. The molecule has 0 saturated heterocycles. The molecule has 0 aliphatic heterocycles. The summed E-state index contributed by atoms with van der Waals surface area (Å²) in [6.07, 6.45) is 5.28. The van der Waals surface area contributed by atoms with Crippen molar-refractivity contribution in [2.45, 2.75) is 71.4 Å². The number of amides is 2. The van der Waals surface area contributed by atoms with Gasteiger partial charge >= 0.3 is 5.97 Å². The number of carboxylic acid groups (broad SMARTS) is 1. The van der Waals surface area contributed by atoms with E-state index in [9.17, 15) is 14.4 Å². The maximum Gasteiger partial charge on any atom is 0.326 e. The van der Waals surface area contributed by atoms with E-state index in [0.29, 0.717) is 0 Å². The number of carbonyl (C=O) groups excluding carboxylic acids is 2. The van der Waals surface area contributed by atoms with Gasteiger partial charge in [-0.2, -0.15) is 0 Å². The van der Waals surface area contributed by atoms with Crippen molar-refractivity contribution in [3.8, 4) is 0 Å². The lowest BCUT2D eigenvalue weighted by molar-refractivity contribution is -0.143. The average molecular weight is 312 g/mol. The zero-order chi connectivity index (χ0) is 16.7. The highest BCUT2D eigenvalue weighted by molar-refractivity contribution is 5.85. The van der Waals surface area contributed by atoms with Gasteiger partial charge in [0, 0.05) is 18.4 Å². The van der Waals surface area contributed by atoms with Gasteiger partial charge in [-0.25, -0.2) is 4.79 Å². The minimum atomic E-state index is -1.04. The first-order valence-electron chi connectivity index (χ1n) is 8.13. The number of carbonyl (C=O) groups is 3. The van der Waals surface area contributed by atoms with E-state index in [0.717, 1.165) is 25.7 Å².